The van der Waals surface area contributed by atoms with Crippen LogP contribution in [0, 0.1) is 11.6 Å². The summed E-state index contributed by atoms with van der Waals surface area (Å²) in [4.78, 5) is 42.8. The molecule has 1 unspecified atom stereocenters. The maximum atomic E-state index is 14.3. The van der Waals surface area contributed by atoms with E-state index in [1.807, 2.05) is 18.2 Å². The van der Waals surface area contributed by atoms with Gasteiger partial charge in [-0.15, -0.1) is 0 Å². The van der Waals surface area contributed by atoms with E-state index in [4.69, 9.17) is 14.2 Å². The minimum absolute atomic E-state index is 0.0277. The highest BCUT2D eigenvalue weighted by atomic mass is 19.2. The van der Waals surface area contributed by atoms with Crippen LogP contribution in [0.15, 0.2) is 53.7 Å². The number of halogens is 2. The Morgan fingerprint density at radius 3 is 2.37 bits per heavy atom. The fraction of sp³-hybridized carbons (Fsp3) is 0.452. The zero-order chi connectivity index (χ0) is 30.7. The maximum Gasteiger partial charge on any atom is 0.338 e. The second-order valence-corrected chi connectivity index (χ2v) is 11.0. The van der Waals surface area contributed by atoms with Gasteiger partial charge < -0.3 is 24.8 Å². The number of nitrogens with zero attached hydrogens (tertiary/aromatic N) is 2. The topological polar surface area (TPSA) is 109 Å². The summed E-state index contributed by atoms with van der Waals surface area (Å²) in [5.74, 6) is -1.78. The molecular formula is C31H36F2N4O6. The first-order chi connectivity index (χ1) is 20.7. The summed E-state index contributed by atoms with van der Waals surface area (Å²) in [6.45, 7) is 1.04. The lowest BCUT2D eigenvalue weighted by atomic mass is 9.80. The molecule has 2 aromatic carbocycles. The molecule has 3 aliphatic rings. The minimum Gasteiger partial charge on any atom is -0.496 e. The Morgan fingerprint density at radius 1 is 1.00 bits per heavy atom. The number of hydrogen-bond acceptors (Lipinski definition) is 7. The van der Waals surface area contributed by atoms with Gasteiger partial charge in [-0.05, 0) is 60.9 Å². The third kappa shape index (κ3) is 6.21. The average Bonchev–Trinajstić information content (AvgIpc) is 2.99. The number of nitrogens with one attached hydrogen (secondary N) is 2. The lowest BCUT2D eigenvalue weighted by Crippen LogP contribution is -2.65. The number of rotatable bonds is 8. The van der Waals surface area contributed by atoms with Crippen LogP contribution in [0.25, 0.3) is 0 Å². The smallest absolute Gasteiger partial charge is 0.338 e. The van der Waals surface area contributed by atoms with Crippen LogP contribution in [0.5, 0.6) is 5.75 Å². The van der Waals surface area contributed by atoms with E-state index in [2.05, 4.69) is 21.6 Å². The highest BCUT2D eigenvalue weighted by Crippen LogP contribution is 2.40. The van der Waals surface area contributed by atoms with Gasteiger partial charge in [-0.3, -0.25) is 4.90 Å². The fourth-order valence-corrected chi connectivity index (χ4v) is 6.38. The van der Waals surface area contributed by atoms with Crippen LogP contribution < -0.4 is 15.4 Å². The normalized spacial score (nSPS) is 23.0. The first kappa shape index (κ1) is 30.4. The summed E-state index contributed by atoms with van der Waals surface area (Å²) < 4.78 is 43.7. The second-order valence-electron chi connectivity index (χ2n) is 11.0. The zero-order valence-corrected chi connectivity index (χ0v) is 24.4. The van der Waals surface area contributed by atoms with Crippen molar-refractivity contribution < 1.29 is 37.4 Å². The highest BCUT2D eigenvalue weighted by Gasteiger charge is 2.45. The van der Waals surface area contributed by atoms with E-state index in [0.717, 1.165) is 55.6 Å². The quantitative estimate of drug-likeness (QED) is 0.438. The number of esters is 1. The van der Waals surface area contributed by atoms with Crippen molar-refractivity contribution in [1.82, 2.24) is 20.4 Å². The van der Waals surface area contributed by atoms with Crippen LogP contribution in [0.4, 0.5) is 18.4 Å². The predicted octanol–water partition coefficient (Wildman–Crippen LogP) is 4.23. The number of carbonyl (C=O) groups excluding carboxylic acids is 3. The number of hydrogen-bond donors (Lipinski definition) is 2. The van der Waals surface area contributed by atoms with Gasteiger partial charge in [-0.2, -0.15) is 0 Å². The van der Waals surface area contributed by atoms with E-state index in [-0.39, 0.29) is 29.5 Å². The number of likely N-dealkylation sites (tertiary alicyclic amines) is 1. The molecule has 2 aliphatic heterocycles. The molecule has 12 heteroatoms. The fourth-order valence-electron chi connectivity index (χ4n) is 6.38. The molecule has 1 saturated heterocycles. The molecule has 1 atom stereocenters. The van der Waals surface area contributed by atoms with Crippen molar-refractivity contribution in [1.29, 1.82) is 0 Å². The van der Waals surface area contributed by atoms with Crippen molar-refractivity contribution in [3.63, 3.8) is 0 Å². The third-order valence-electron chi connectivity index (χ3n) is 8.53. The maximum absolute atomic E-state index is 14.3. The zero-order valence-electron chi connectivity index (χ0n) is 24.4. The van der Waals surface area contributed by atoms with E-state index < -0.39 is 35.7 Å². The molecule has 2 heterocycles. The third-order valence-corrected chi connectivity index (χ3v) is 8.53. The Hall–Kier alpha value is -4.03. The first-order valence-corrected chi connectivity index (χ1v) is 14.3. The lowest BCUT2D eigenvalue weighted by Gasteiger charge is -2.47. The lowest BCUT2D eigenvalue weighted by molar-refractivity contribution is -0.137. The van der Waals surface area contributed by atoms with Gasteiger partial charge >= 0.3 is 18.0 Å². The summed E-state index contributed by atoms with van der Waals surface area (Å²) in [7, 11) is 4.21. The molecule has 2 N–H and O–H groups in total. The van der Waals surface area contributed by atoms with Crippen LogP contribution in [0.3, 0.4) is 0 Å². The van der Waals surface area contributed by atoms with Gasteiger partial charge in [0, 0.05) is 26.2 Å². The molecule has 0 bridgehead atoms. The summed E-state index contributed by atoms with van der Waals surface area (Å²) in [5, 5.41) is 5.41. The van der Waals surface area contributed by atoms with Crippen LogP contribution in [-0.2, 0) is 14.3 Å². The van der Waals surface area contributed by atoms with Crippen molar-refractivity contribution in [3.8, 4) is 5.75 Å². The Bertz CT molecular complexity index is 1400. The van der Waals surface area contributed by atoms with Crippen LogP contribution in [0.2, 0.25) is 0 Å². The Morgan fingerprint density at radius 2 is 1.72 bits per heavy atom. The standard InChI is InChI=1S/C31H36F2N4O6/c1-41-17-25-27(29(38)43-3)28(19-10-13-23(32)24(33)14-19)37(31(40)35-25)30(39)34-20-15-36(16-20)21-11-8-18(9-12-21)22-6-4-5-7-26(22)42-2/h4-7,10,13-14,18,20-21,28H,8-9,11-12,15-17H2,1-3H3,(H,34,39)(H,35,40). The van der Waals surface area contributed by atoms with Gasteiger partial charge in [0.15, 0.2) is 11.6 Å². The van der Waals surface area contributed by atoms with Crippen molar-refractivity contribution in [3.05, 3.63) is 76.5 Å². The van der Waals surface area contributed by atoms with Crippen molar-refractivity contribution in [2.45, 2.75) is 49.7 Å². The molecule has 0 radical (unpaired) electrons. The largest absolute Gasteiger partial charge is 0.496 e. The molecule has 43 heavy (non-hydrogen) atoms. The summed E-state index contributed by atoms with van der Waals surface area (Å²) in [6, 6.07) is 8.27. The second kappa shape index (κ2) is 13.1. The molecule has 1 saturated carbocycles. The highest BCUT2D eigenvalue weighted by molar-refractivity contribution is 6.01. The van der Waals surface area contributed by atoms with Gasteiger partial charge in [0.2, 0.25) is 0 Å². The van der Waals surface area contributed by atoms with Crippen molar-refractivity contribution in [2.24, 2.45) is 0 Å². The van der Waals surface area contributed by atoms with Gasteiger partial charge in [-0.1, -0.05) is 24.3 Å². The predicted molar refractivity (Wildman–Crippen MR) is 152 cm³/mol. The number of carbonyl (C=O) groups is 3. The van der Waals surface area contributed by atoms with E-state index >= 15 is 0 Å². The molecule has 2 fully saturated rings. The molecule has 0 spiro atoms. The van der Waals surface area contributed by atoms with Gasteiger partial charge in [0.1, 0.15) is 11.8 Å². The SMILES string of the molecule is COCC1=C(C(=O)OC)C(c2ccc(F)c(F)c2)N(C(=O)NC2CN(C3CCC(c4ccccc4OC)CC3)C2)C(=O)N1. The van der Waals surface area contributed by atoms with E-state index in [1.165, 1.54) is 18.7 Å². The average molecular weight is 599 g/mol. The van der Waals surface area contributed by atoms with Crippen LogP contribution >= 0.6 is 0 Å². The summed E-state index contributed by atoms with van der Waals surface area (Å²) >= 11 is 0. The number of ether oxygens (including phenoxy) is 3. The summed E-state index contributed by atoms with van der Waals surface area (Å²) in [5.41, 5.74) is 1.21. The Labute approximate surface area is 248 Å². The molecule has 10 nitrogen and oxygen atoms in total. The number of benzene rings is 2. The van der Waals surface area contributed by atoms with E-state index in [1.54, 1.807) is 7.11 Å². The molecule has 1 aliphatic carbocycles. The molecular weight excluding hydrogens is 562 g/mol. The van der Waals surface area contributed by atoms with Crippen molar-refractivity contribution >= 4 is 18.0 Å². The molecule has 5 rings (SSSR count). The van der Waals surface area contributed by atoms with Crippen LogP contribution in [0.1, 0.15) is 48.8 Å². The van der Waals surface area contributed by atoms with Gasteiger partial charge in [0.25, 0.3) is 0 Å². The monoisotopic (exact) mass is 598 g/mol. The summed E-state index contributed by atoms with van der Waals surface area (Å²) in [6.07, 6.45) is 4.11. The number of methoxy groups -OCH3 is 3. The Balaban J connectivity index is 1.27. The molecule has 0 aromatic heterocycles. The van der Waals surface area contributed by atoms with Gasteiger partial charge in [-0.25, -0.2) is 28.1 Å². The number of para-hydroxylation sites is 1. The molecule has 230 valence electrons. The van der Waals surface area contributed by atoms with E-state index in [9.17, 15) is 23.2 Å². The number of amides is 4. The van der Waals surface area contributed by atoms with Crippen LogP contribution in [-0.4, -0.2) is 80.9 Å². The van der Waals surface area contributed by atoms with Crippen molar-refractivity contribution in [2.75, 3.05) is 41.0 Å². The first-order valence-electron chi connectivity index (χ1n) is 14.3. The minimum atomic E-state index is -1.37. The van der Waals surface area contributed by atoms with Gasteiger partial charge in [0.05, 0.1) is 38.1 Å². The van der Waals surface area contributed by atoms with E-state index in [0.29, 0.717) is 25.0 Å². The number of imide groups is 1. The number of urea groups is 2. The molecule has 4 amide bonds. The Kier molecular flexibility index (Phi) is 9.26. The molecule has 2 aromatic rings.